The first-order chi connectivity index (χ1) is 11.1. The van der Waals surface area contributed by atoms with Gasteiger partial charge in [-0.25, -0.2) is 0 Å². The molecule has 0 aliphatic rings. The molecule has 0 saturated heterocycles. The van der Waals surface area contributed by atoms with Gasteiger partial charge in [0.2, 0.25) is 5.88 Å². The van der Waals surface area contributed by atoms with Crippen molar-refractivity contribution >= 4 is 23.4 Å². The van der Waals surface area contributed by atoms with Crippen molar-refractivity contribution in [1.29, 1.82) is 0 Å². The molecule has 6 nitrogen and oxygen atoms in total. The molecule has 3 N–H and O–H groups in total. The number of nitrogens with two attached hydrogens (primary N) is 1. The van der Waals surface area contributed by atoms with Crippen LogP contribution in [0.25, 0.3) is 11.5 Å². The number of furan rings is 1. The monoisotopic (exact) mass is 331 g/mol. The van der Waals surface area contributed by atoms with Gasteiger partial charge in [0.1, 0.15) is 5.56 Å². The zero-order valence-corrected chi connectivity index (χ0v) is 13.1. The zero-order chi connectivity index (χ0) is 16.4. The number of carbonyl (C=O) groups is 1. The smallest absolute Gasteiger partial charge is 0.259 e. The number of hydrogen-bond acceptors (Lipinski definition) is 5. The van der Waals surface area contributed by atoms with E-state index in [1.165, 1.54) is 0 Å². The van der Waals surface area contributed by atoms with Crippen LogP contribution in [0.3, 0.4) is 0 Å². The highest BCUT2D eigenvalue weighted by Crippen LogP contribution is 2.30. The van der Waals surface area contributed by atoms with E-state index in [0.717, 1.165) is 11.1 Å². The minimum atomic E-state index is -0.394. The van der Waals surface area contributed by atoms with Gasteiger partial charge in [-0.05, 0) is 41.8 Å². The molecule has 0 saturated carbocycles. The molecule has 0 bridgehead atoms. The molecule has 3 rings (SSSR count). The minimum absolute atomic E-state index is 0.0743. The van der Waals surface area contributed by atoms with Crippen molar-refractivity contribution in [3.63, 3.8) is 0 Å². The van der Waals surface area contributed by atoms with Crippen molar-refractivity contribution in [3.8, 4) is 11.5 Å². The van der Waals surface area contributed by atoms with Gasteiger partial charge in [-0.2, -0.15) is 0 Å². The Morgan fingerprint density at radius 3 is 2.78 bits per heavy atom. The molecular weight excluding hydrogens is 318 g/mol. The van der Waals surface area contributed by atoms with E-state index >= 15 is 0 Å². The first kappa shape index (κ1) is 15.2. The second kappa shape index (κ2) is 6.18. The van der Waals surface area contributed by atoms with Gasteiger partial charge in [-0.1, -0.05) is 29.4 Å². The van der Waals surface area contributed by atoms with E-state index < -0.39 is 5.91 Å². The van der Waals surface area contributed by atoms with Crippen LogP contribution < -0.4 is 11.1 Å². The number of nitrogens with zero attached hydrogens (tertiary/aromatic N) is 1. The fourth-order valence-corrected chi connectivity index (χ4v) is 2.35. The Balaban J connectivity index is 1.83. The number of rotatable bonds is 4. The molecule has 0 spiro atoms. The maximum atomic E-state index is 12.4. The molecule has 1 aromatic carbocycles. The highest BCUT2D eigenvalue weighted by Gasteiger charge is 2.24. The van der Waals surface area contributed by atoms with Crippen LogP contribution >= 0.6 is 11.6 Å². The minimum Gasteiger partial charge on any atom is -0.443 e. The van der Waals surface area contributed by atoms with E-state index in [4.69, 9.17) is 26.3 Å². The number of aryl methyl sites for hydroxylation is 1. The first-order valence-electron chi connectivity index (χ1n) is 6.90. The molecule has 0 unspecified atom stereocenters. The quantitative estimate of drug-likeness (QED) is 0.764. The number of anilines is 1. The Bertz CT molecular complexity index is 854. The van der Waals surface area contributed by atoms with E-state index in [9.17, 15) is 4.79 Å². The molecule has 3 aromatic rings. The fourth-order valence-electron chi connectivity index (χ4n) is 2.20. The Labute approximate surface area is 137 Å². The molecular formula is C16H14ClN3O3. The van der Waals surface area contributed by atoms with Gasteiger partial charge in [0.05, 0.1) is 0 Å². The summed E-state index contributed by atoms with van der Waals surface area (Å²) in [6.45, 7) is 2.35. The lowest BCUT2D eigenvalue weighted by atomic mass is 10.1. The highest BCUT2D eigenvalue weighted by atomic mass is 35.5. The maximum Gasteiger partial charge on any atom is 0.259 e. The molecule has 7 heteroatoms. The van der Waals surface area contributed by atoms with Crippen LogP contribution in [0.2, 0.25) is 5.22 Å². The standard InChI is InChI=1S/C16H14ClN3O3/c1-9-4-2-3-5-10(9)8-19-16(21)13-14(20-23-15(13)18)11-6-7-12(17)22-11/h2-7H,8,18H2,1H3,(H,19,21). The van der Waals surface area contributed by atoms with Gasteiger partial charge < -0.3 is 20.0 Å². The summed E-state index contributed by atoms with van der Waals surface area (Å²) in [6, 6.07) is 10.9. The van der Waals surface area contributed by atoms with Gasteiger partial charge in [-0.15, -0.1) is 0 Å². The SMILES string of the molecule is Cc1ccccc1CNC(=O)c1c(-c2ccc(Cl)o2)noc1N. The summed E-state index contributed by atoms with van der Waals surface area (Å²) < 4.78 is 10.2. The summed E-state index contributed by atoms with van der Waals surface area (Å²) >= 11 is 5.75. The lowest BCUT2D eigenvalue weighted by Crippen LogP contribution is -2.24. The van der Waals surface area contributed by atoms with Crippen molar-refractivity contribution in [2.24, 2.45) is 0 Å². The molecule has 0 radical (unpaired) electrons. The van der Waals surface area contributed by atoms with Crippen molar-refractivity contribution < 1.29 is 13.7 Å². The first-order valence-corrected chi connectivity index (χ1v) is 7.27. The van der Waals surface area contributed by atoms with Crippen LogP contribution in [-0.4, -0.2) is 11.1 Å². The average Bonchev–Trinajstić information content (AvgIpc) is 3.12. The van der Waals surface area contributed by atoms with Gasteiger partial charge >= 0.3 is 0 Å². The van der Waals surface area contributed by atoms with Crippen LogP contribution in [0.1, 0.15) is 21.5 Å². The summed E-state index contributed by atoms with van der Waals surface area (Å²) in [5.41, 5.74) is 8.17. The van der Waals surface area contributed by atoms with E-state index in [2.05, 4.69) is 10.5 Å². The predicted molar refractivity (Wildman–Crippen MR) is 86.0 cm³/mol. The van der Waals surface area contributed by atoms with Crippen LogP contribution in [0.5, 0.6) is 0 Å². The summed E-state index contributed by atoms with van der Waals surface area (Å²) in [5, 5.41) is 6.77. The summed E-state index contributed by atoms with van der Waals surface area (Å²) in [4.78, 5) is 12.4. The lowest BCUT2D eigenvalue weighted by molar-refractivity contribution is 0.0952. The second-order valence-corrected chi connectivity index (χ2v) is 5.36. The second-order valence-electron chi connectivity index (χ2n) is 4.98. The number of nitrogens with one attached hydrogen (secondary N) is 1. The van der Waals surface area contributed by atoms with Crippen LogP contribution in [-0.2, 0) is 6.54 Å². The third kappa shape index (κ3) is 3.07. The fraction of sp³-hybridized carbons (Fsp3) is 0.125. The summed E-state index contributed by atoms with van der Waals surface area (Å²) in [5.74, 6) is -0.152. The average molecular weight is 332 g/mol. The van der Waals surface area contributed by atoms with Crippen molar-refractivity contribution in [1.82, 2.24) is 10.5 Å². The van der Waals surface area contributed by atoms with Gasteiger partial charge in [0, 0.05) is 6.54 Å². The number of carbonyl (C=O) groups excluding carboxylic acids is 1. The third-order valence-electron chi connectivity index (χ3n) is 3.45. The lowest BCUT2D eigenvalue weighted by Gasteiger charge is -2.07. The largest absolute Gasteiger partial charge is 0.443 e. The Morgan fingerprint density at radius 2 is 2.09 bits per heavy atom. The van der Waals surface area contributed by atoms with Crippen LogP contribution in [0, 0.1) is 6.92 Å². The van der Waals surface area contributed by atoms with Gasteiger partial charge in [0.15, 0.2) is 16.7 Å². The van der Waals surface area contributed by atoms with Crippen molar-refractivity contribution in [2.45, 2.75) is 13.5 Å². The molecule has 2 aromatic heterocycles. The van der Waals surface area contributed by atoms with Crippen molar-refractivity contribution in [2.75, 3.05) is 5.73 Å². The van der Waals surface area contributed by atoms with E-state index in [0.29, 0.717) is 12.3 Å². The summed E-state index contributed by atoms with van der Waals surface area (Å²) in [7, 11) is 0. The predicted octanol–water partition coefficient (Wildman–Crippen LogP) is 3.41. The summed E-state index contributed by atoms with van der Waals surface area (Å²) in [6.07, 6.45) is 0. The topological polar surface area (TPSA) is 94.3 Å². The number of nitrogen functional groups attached to an aromatic ring is 1. The normalized spacial score (nSPS) is 10.7. The van der Waals surface area contributed by atoms with Crippen LogP contribution in [0.15, 0.2) is 45.3 Å². The molecule has 1 amide bonds. The Morgan fingerprint density at radius 1 is 1.30 bits per heavy atom. The van der Waals surface area contributed by atoms with E-state index in [-0.39, 0.29) is 22.4 Å². The number of halogens is 1. The Kier molecular flexibility index (Phi) is 4.08. The van der Waals surface area contributed by atoms with Crippen LogP contribution in [0.4, 0.5) is 5.88 Å². The van der Waals surface area contributed by atoms with Gasteiger partial charge in [-0.3, -0.25) is 4.79 Å². The van der Waals surface area contributed by atoms with Crippen molar-refractivity contribution in [3.05, 3.63) is 58.3 Å². The third-order valence-corrected chi connectivity index (χ3v) is 3.66. The number of hydrogen-bond donors (Lipinski definition) is 2. The molecule has 0 aliphatic carbocycles. The molecule has 2 heterocycles. The molecule has 0 atom stereocenters. The molecule has 0 fully saturated rings. The number of benzene rings is 1. The highest BCUT2D eigenvalue weighted by molar-refractivity contribution is 6.29. The molecule has 0 aliphatic heterocycles. The van der Waals surface area contributed by atoms with E-state index in [1.54, 1.807) is 12.1 Å². The maximum absolute atomic E-state index is 12.4. The van der Waals surface area contributed by atoms with E-state index in [1.807, 2.05) is 31.2 Å². The van der Waals surface area contributed by atoms with Gasteiger partial charge in [0.25, 0.3) is 5.91 Å². The zero-order valence-electron chi connectivity index (χ0n) is 12.3. The molecule has 118 valence electrons. The Hall–Kier alpha value is -2.73. The molecule has 23 heavy (non-hydrogen) atoms. The number of aromatic nitrogens is 1. The number of amides is 1.